The van der Waals surface area contributed by atoms with Crippen molar-refractivity contribution >= 4 is 17.7 Å². The van der Waals surface area contributed by atoms with Crippen LogP contribution in [0.25, 0.3) is 0 Å². The summed E-state index contributed by atoms with van der Waals surface area (Å²) in [5, 5.41) is 11.8. The second-order valence-electron chi connectivity index (χ2n) is 8.34. The first-order valence-corrected chi connectivity index (χ1v) is 12.2. The van der Waals surface area contributed by atoms with E-state index < -0.39 is 37.0 Å². The first kappa shape index (κ1) is 32.6. The third-order valence-electron chi connectivity index (χ3n) is 5.43. The molecule has 0 radical (unpaired) electrons. The molecule has 2 amide bonds. The number of rotatable bonds is 16. The number of methoxy groups -OCH3 is 1. The summed E-state index contributed by atoms with van der Waals surface area (Å²) in [7, 11) is 1.47. The number of aliphatic carboxylic acids is 1. The van der Waals surface area contributed by atoms with E-state index in [-0.39, 0.29) is 39.1 Å². The van der Waals surface area contributed by atoms with Crippen molar-refractivity contribution in [1.29, 1.82) is 0 Å². The summed E-state index contributed by atoms with van der Waals surface area (Å²) in [4.78, 5) is 25.3. The van der Waals surface area contributed by atoms with Gasteiger partial charge in [0.15, 0.2) is 6.10 Å². The van der Waals surface area contributed by atoms with E-state index in [4.69, 9.17) is 14.2 Å². The summed E-state index contributed by atoms with van der Waals surface area (Å²) in [6.45, 7) is 0.721. The number of urea groups is 1. The largest absolute Gasteiger partial charge is 0.497 e. The molecule has 222 valence electrons. The smallest absolute Gasteiger partial charge is 0.482 e. The number of carbonyl (C=O) groups excluding carboxylic acids is 1. The lowest BCUT2D eigenvalue weighted by Crippen LogP contribution is -2.41. The van der Waals surface area contributed by atoms with Gasteiger partial charge in [0.2, 0.25) is 0 Å². The fourth-order valence-electron chi connectivity index (χ4n) is 3.36. The summed E-state index contributed by atoms with van der Waals surface area (Å²) >= 11 is 0. The Balaban J connectivity index is 1.97. The molecule has 0 aliphatic carbocycles. The van der Waals surface area contributed by atoms with Crippen molar-refractivity contribution in [2.24, 2.45) is 0 Å². The lowest BCUT2D eigenvalue weighted by atomic mass is 10.1. The van der Waals surface area contributed by atoms with E-state index in [1.54, 1.807) is 55.5 Å². The highest BCUT2D eigenvalue weighted by molar-refractivity contribution is 5.89. The van der Waals surface area contributed by atoms with Crippen molar-refractivity contribution in [2.45, 2.75) is 38.2 Å². The number of amides is 2. The average molecular weight is 579 g/mol. The Morgan fingerprint density at radius 2 is 1.57 bits per heavy atom. The number of benzene rings is 2. The molecule has 0 fully saturated rings. The van der Waals surface area contributed by atoms with Gasteiger partial charge in [0.05, 0.1) is 20.3 Å². The van der Waals surface area contributed by atoms with Crippen LogP contribution in [0.3, 0.4) is 0 Å². The van der Waals surface area contributed by atoms with E-state index in [9.17, 15) is 36.6 Å². The Morgan fingerprint density at radius 3 is 2.12 bits per heavy atom. The first-order chi connectivity index (χ1) is 18.9. The van der Waals surface area contributed by atoms with E-state index in [2.05, 4.69) is 10.1 Å². The molecule has 9 nitrogen and oxygen atoms in total. The van der Waals surface area contributed by atoms with Crippen LogP contribution >= 0.6 is 0 Å². The van der Waals surface area contributed by atoms with Crippen LogP contribution in [-0.2, 0) is 20.7 Å². The molecule has 40 heavy (non-hydrogen) atoms. The van der Waals surface area contributed by atoms with Crippen LogP contribution in [-0.4, -0.2) is 80.4 Å². The average Bonchev–Trinajstić information content (AvgIpc) is 2.90. The molecule has 2 N–H and O–H groups in total. The number of carboxylic acids is 1. The predicted molar refractivity (Wildman–Crippen MR) is 134 cm³/mol. The Morgan fingerprint density at radius 1 is 0.950 bits per heavy atom. The molecule has 0 saturated carbocycles. The minimum atomic E-state index is -5.85. The predicted octanol–water partition coefficient (Wildman–Crippen LogP) is 5.20. The van der Waals surface area contributed by atoms with Gasteiger partial charge in [-0.25, -0.2) is 9.59 Å². The number of carbonyl (C=O) groups is 2. The van der Waals surface area contributed by atoms with E-state index in [0.717, 1.165) is 0 Å². The van der Waals surface area contributed by atoms with E-state index >= 15 is 0 Å². The number of anilines is 1. The molecule has 0 aliphatic heterocycles. The maximum absolute atomic E-state index is 13.0. The third kappa shape index (κ3) is 10.5. The summed E-state index contributed by atoms with van der Waals surface area (Å²) in [6, 6.07) is 12.2. The molecule has 1 unspecified atom stereocenters. The molecule has 1 atom stereocenters. The molecule has 0 bridgehead atoms. The molecule has 0 aromatic heterocycles. The monoisotopic (exact) mass is 578 g/mol. The third-order valence-corrected chi connectivity index (χ3v) is 5.43. The van der Waals surface area contributed by atoms with Crippen LogP contribution in [0, 0.1) is 0 Å². The van der Waals surface area contributed by atoms with Gasteiger partial charge >= 0.3 is 24.3 Å². The molecular weight excluding hydrogens is 547 g/mol. The molecular formula is C26H31F5N2O7. The Bertz CT molecular complexity index is 1070. The maximum Gasteiger partial charge on any atom is 0.482 e. The number of alkyl halides is 5. The van der Waals surface area contributed by atoms with Gasteiger partial charge in [-0.15, -0.1) is 0 Å². The lowest BCUT2D eigenvalue weighted by molar-refractivity contribution is -0.391. The highest BCUT2D eigenvalue weighted by Crippen LogP contribution is 2.36. The van der Waals surface area contributed by atoms with Gasteiger partial charge in [-0.3, -0.25) is 0 Å². The molecule has 0 heterocycles. The number of ether oxygens (including phenoxy) is 4. The fourth-order valence-corrected chi connectivity index (χ4v) is 3.36. The molecule has 0 spiro atoms. The van der Waals surface area contributed by atoms with Gasteiger partial charge < -0.3 is 34.3 Å². The van der Waals surface area contributed by atoms with Crippen LogP contribution in [0.1, 0.15) is 18.9 Å². The maximum atomic E-state index is 13.0. The quantitative estimate of drug-likeness (QED) is 0.208. The zero-order valence-electron chi connectivity index (χ0n) is 21.9. The zero-order valence-corrected chi connectivity index (χ0v) is 21.9. The minimum Gasteiger partial charge on any atom is -0.497 e. The second-order valence-corrected chi connectivity index (χ2v) is 8.34. The van der Waals surface area contributed by atoms with Crippen molar-refractivity contribution in [3.8, 4) is 11.5 Å². The summed E-state index contributed by atoms with van der Waals surface area (Å²) < 4.78 is 82.6. The van der Waals surface area contributed by atoms with E-state index in [0.29, 0.717) is 22.7 Å². The SMILES string of the molecule is CCOC(Cc1ccc(OCCN(CCCOC(F)(F)C(F)(F)F)C(=O)Nc2ccc(OC)cc2)cc1)C(=O)O. The van der Waals surface area contributed by atoms with Crippen molar-refractivity contribution in [3.63, 3.8) is 0 Å². The lowest BCUT2D eigenvalue weighted by Gasteiger charge is -2.24. The van der Waals surface area contributed by atoms with Crippen molar-refractivity contribution in [3.05, 3.63) is 54.1 Å². The number of halogens is 5. The number of nitrogens with zero attached hydrogens (tertiary/aromatic N) is 1. The number of hydrogen-bond donors (Lipinski definition) is 2. The highest BCUT2D eigenvalue weighted by atomic mass is 19.4. The number of hydrogen-bond acceptors (Lipinski definition) is 6. The number of nitrogens with one attached hydrogen (secondary N) is 1. The number of carboxylic acid groups (broad SMARTS) is 1. The highest BCUT2D eigenvalue weighted by Gasteiger charge is 2.59. The molecule has 2 rings (SSSR count). The fraction of sp³-hybridized carbons (Fsp3) is 0.462. The Kier molecular flexibility index (Phi) is 12.4. The second kappa shape index (κ2) is 15.2. The zero-order chi connectivity index (χ0) is 29.8. The van der Waals surface area contributed by atoms with Crippen molar-refractivity contribution in [1.82, 2.24) is 4.90 Å². The first-order valence-electron chi connectivity index (χ1n) is 12.2. The van der Waals surface area contributed by atoms with Crippen LogP contribution in [0.5, 0.6) is 11.5 Å². The van der Waals surface area contributed by atoms with Crippen molar-refractivity contribution in [2.75, 3.05) is 45.3 Å². The molecule has 2 aromatic rings. The normalized spacial score (nSPS) is 12.5. The topological polar surface area (TPSA) is 107 Å². The van der Waals surface area contributed by atoms with Crippen LogP contribution in [0.15, 0.2) is 48.5 Å². The Labute approximate surface area is 227 Å². The van der Waals surface area contributed by atoms with Gasteiger partial charge in [-0.1, -0.05) is 12.1 Å². The molecule has 2 aromatic carbocycles. The Hall–Kier alpha value is -3.65. The summed E-state index contributed by atoms with van der Waals surface area (Å²) in [5.41, 5.74) is 1.10. The molecule has 0 aliphatic rings. The van der Waals surface area contributed by atoms with Crippen LogP contribution < -0.4 is 14.8 Å². The van der Waals surface area contributed by atoms with Gasteiger partial charge in [-0.2, -0.15) is 22.0 Å². The standard InChI is InChI=1S/C26H31F5N2O7/c1-3-38-22(23(34)35)17-18-5-9-21(10-6-18)39-16-14-33(13-4-15-40-26(30,31)25(27,28)29)24(36)32-19-7-11-20(37-2)12-8-19/h5-12,22H,3-4,13-17H2,1-2H3,(H,32,36)(H,34,35). The van der Waals surface area contributed by atoms with E-state index in [1.807, 2.05) is 0 Å². The van der Waals surface area contributed by atoms with E-state index in [1.165, 1.54) is 12.0 Å². The van der Waals surface area contributed by atoms with Gasteiger partial charge in [0.1, 0.15) is 18.1 Å². The van der Waals surface area contributed by atoms with Gasteiger partial charge in [0, 0.05) is 25.3 Å². The van der Waals surface area contributed by atoms with Crippen LogP contribution in [0.2, 0.25) is 0 Å². The van der Waals surface area contributed by atoms with Crippen LogP contribution in [0.4, 0.5) is 32.4 Å². The van der Waals surface area contributed by atoms with Gasteiger partial charge in [0.25, 0.3) is 0 Å². The van der Waals surface area contributed by atoms with Gasteiger partial charge in [-0.05, 0) is 55.3 Å². The summed E-state index contributed by atoms with van der Waals surface area (Å²) in [5.74, 6) is -0.119. The molecule has 0 saturated heterocycles. The van der Waals surface area contributed by atoms with Crippen molar-refractivity contribution < 1.29 is 55.6 Å². The molecule has 14 heteroatoms. The summed E-state index contributed by atoms with van der Waals surface area (Å²) in [6.07, 6.45) is -12.3. The minimum absolute atomic E-state index is 0.0361.